The maximum absolute atomic E-state index is 10.8. The predicted octanol–water partition coefficient (Wildman–Crippen LogP) is 1.77. The minimum Gasteiger partial charge on any atom is -0.447 e. The number of nitrogens with zero attached hydrogens (tertiary/aromatic N) is 1. The second-order valence-electron chi connectivity index (χ2n) is 3.57. The van der Waals surface area contributed by atoms with Gasteiger partial charge in [0.2, 0.25) is 0 Å². The zero-order chi connectivity index (χ0) is 9.68. The molecule has 1 heterocycles. The van der Waals surface area contributed by atoms with Gasteiger partial charge in [-0.15, -0.1) is 0 Å². The lowest BCUT2D eigenvalue weighted by Gasteiger charge is -2.32. The van der Waals surface area contributed by atoms with Gasteiger partial charge in [-0.1, -0.05) is 13.3 Å². The Labute approximate surface area is 80.1 Å². The van der Waals surface area contributed by atoms with E-state index in [4.69, 9.17) is 4.74 Å². The van der Waals surface area contributed by atoms with Crippen molar-refractivity contribution in [3.63, 3.8) is 0 Å². The fraction of sp³-hybridized carbons (Fsp3) is 0.900. The monoisotopic (exact) mass is 185 g/mol. The van der Waals surface area contributed by atoms with Crippen molar-refractivity contribution in [2.75, 3.05) is 13.1 Å². The van der Waals surface area contributed by atoms with Crippen LogP contribution in [0.4, 0.5) is 0 Å². The molecule has 1 unspecified atom stereocenters. The summed E-state index contributed by atoms with van der Waals surface area (Å²) in [5.41, 5.74) is 0. The molecule has 0 aromatic rings. The number of likely N-dealkylation sites (tertiary alicyclic amines) is 1. The Balaban J connectivity index is 2.39. The van der Waals surface area contributed by atoms with Crippen molar-refractivity contribution < 1.29 is 9.53 Å². The van der Waals surface area contributed by atoms with E-state index in [1.807, 2.05) is 0 Å². The molecule has 0 amide bonds. The van der Waals surface area contributed by atoms with Gasteiger partial charge in [0.25, 0.3) is 0 Å². The molecule has 0 bridgehead atoms. The van der Waals surface area contributed by atoms with Crippen LogP contribution in [0.3, 0.4) is 0 Å². The number of hydrogen-bond acceptors (Lipinski definition) is 3. The Morgan fingerprint density at radius 1 is 1.38 bits per heavy atom. The van der Waals surface area contributed by atoms with Gasteiger partial charge in [-0.2, -0.15) is 0 Å². The minimum absolute atomic E-state index is 0.0119. The van der Waals surface area contributed by atoms with Crippen molar-refractivity contribution in [3.05, 3.63) is 0 Å². The van der Waals surface area contributed by atoms with Gasteiger partial charge in [-0.05, 0) is 19.3 Å². The van der Waals surface area contributed by atoms with Crippen molar-refractivity contribution in [3.8, 4) is 0 Å². The number of ether oxygens (including phenoxy) is 1. The predicted molar refractivity (Wildman–Crippen MR) is 51.3 cm³/mol. The smallest absolute Gasteiger partial charge is 0.304 e. The van der Waals surface area contributed by atoms with Crippen LogP contribution in [0.2, 0.25) is 0 Å². The molecule has 76 valence electrons. The van der Waals surface area contributed by atoms with Crippen LogP contribution in [0.1, 0.15) is 39.5 Å². The average molecular weight is 185 g/mol. The van der Waals surface area contributed by atoms with E-state index in [1.54, 1.807) is 0 Å². The first-order valence-corrected chi connectivity index (χ1v) is 5.15. The summed E-state index contributed by atoms with van der Waals surface area (Å²) in [6, 6.07) is 0. The average Bonchev–Trinajstić information content (AvgIpc) is 2.15. The van der Waals surface area contributed by atoms with Crippen LogP contribution in [0.5, 0.6) is 0 Å². The summed E-state index contributed by atoms with van der Waals surface area (Å²) in [4.78, 5) is 13.1. The second-order valence-corrected chi connectivity index (χ2v) is 3.57. The lowest BCUT2D eigenvalue weighted by atomic mass is 10.1. The van der Waals surface area contributed by atoms with Crippen LogP contribution < -0.4 is 0 Å². The topological polar surface area (TPSA) is 29.5 Å². The van der Waals surface area contributed by atoms with Crippen molar-refractivity contribution >= 4 is 5.97 Å². The highest BCUT2D eigenvalue weighted by molar-refractivity contribution is 5.66. The van der Waals surface area contributed by atoms with Gasteiger partial charge in [-0.25, -0.2) is 0 Å². The quantitative estimate of drug-likeness (QED) is 0.628. The third kappa shape index (κ3) is 3.35. The van der Waals surface area contributed by atoms with Gasteiger partial charge in [0.05, 0.1) is 0 Å². The Morgan fingerprint density at radius 2 is 2.00 bits per heavy atom. The maximum Gasteiger partial charge on any atom is 0.304 e. The molecule has 1 aliphatic heterocycles. The zero-order valence-corrected chi connectivity index (χ0v) is 8.58. The summed E-state index contributed by atoms with van der Waals surface area (Å²) >= 11 is 0. The molecule has 0 saturated carbocycles. The standard InChI is InChI=1S/C10H19NO2/c1-3-10(13-9(2)12)11-7-5-4-6-8-11/h10H,3-8H2,1-2H3. The molecule has 0 radical (unpaired) electrons. The minimum atomic E-state index is -0.169. The van der Waals surface area contributed by atoms with E-state index >= 15 is 0 Å². The number of hydrogen-bond donors (Lipinski definition) is 0. The van der Waals surface area contributed by atoms with Gasteiger partial charge in [-0.3, -0.25) is 9.69 Å². The number of carbonyl (C=O) groups is 1. The summed E-state index contributed by atoms with van der Waals surface area (Å²) < 4.78 is 5.23. The lowest BCUT2D eigenvalue weighted by molar-refractivity contribution is -0.157. The van der Waals surface area contributed by atoms with E-state index in [-0.39, 0.29) is 12.2 Å². The zero-order valence-electron chi connectivity index (χ0n) is 8.58. The Bertz CT molecular complexity index is 164. The first-order chi connectivity index (χ1) is 6.24. The van der Waals surface area contributed by atoms with Gasteiger partial charge >= 0.3 is 5.97 Å². The molecule has 0 aromatic carbocycles. The molecule has 1 aliphatic rings. The molecule has 0 spiro atoms. The van der Waals surface area contributed by atoms with E-state index in [2.05, 4.69) is 11.8 Å². The lowest BCUT2D eigenvalue weighted by Crippen LogP contribution is -2.41. The molecule has 3 nitrogen and oxygen atoms in total. The molecule has 1 atom stereocenters. The van der Waals surface area contributed by atoms with Crippen LogP contribution >= 0.6 is 0 Å². The Hall–Kier alpha value is -0.570. The van der Waals surface area contributed by atoms with E-state index in [1.165, 1.54) is 26.2 Å². The molecule has 0 aliphatic carbocycles. The van der Waals surface area contributed by atoms with Crippen LogP contribution in [0, 0.1) is 0 Å². The largest absolute Gasteiger partial charge is 0.447 e. The summed E-state index contributed by atoms with van der Waals surface area (Å²) in [7, 11) is 0. The number of piperidine rings is 1. The van der Waals surface area contributed by atoms with Gasteiger partial charge in [0.15, 0.2) is 6.23 Å². The third-order valence-corrected chi connectivity index (χ3v) is 2.45. The molecule has 0 N–H and O–H groups in total. The van der Waals surface area contributed by atoms with Gasteiger partial charge < -0.3 is 4.74 Å². The van der Waals surface area contributed by atoms with E-state index in [9.17, 15) is 4.79 Å². The van der Waals surface area contributed by atoms with Gasteiger partial charge in [0.1, 0.15) is 0 Å². The van der Waals surface area contributed by atoms with Crippen LogP contribution in [-0.4, -0.2) is 30.2 Å². The van der Waals surface area contributed by atoms with Crippen molar-refractivity contribution in [1.29, 1.82) is 0 Å². The molecular weight excluding hydrogens is 166 g/mol. The highest BCUT2D eigenvalue weighted by Gasteiger charge is 2.20. The molecule has 1 saturated heterocycles. The maximum atomic E-state index is 10.8. The van der Waals surface area contributed by atoms with E-state index in [0.29, 0.717) is 0 Å². The molecular formula is C10H19NO2. The summed E-state index contributed by atoms with van der Waals surface area (Å²) in [5, 5.41) is 0. The fourth-order valence-electron chi connectivity index (χ4n) is 1.81. The van der Waals surface area contributed by atoms with Crippen LogP contribution in [-0.2, 0) is 9.53 Å². The van der Waals surface area contributed by atoms with E-state index in [0.717, 1.165) is 19.5 Å². The SMILES string of the molecule is CCC(OC(C)=O)N1CCCCC1. The van der Waals surface area contributed by atoms with Crippen molar-refractivity contribution in [2.45, 2.75) is 45.8 Å². The summed E-state index contributed by atoms with van der Waals surface area (Å²) in [6.07, 6.45) is 4.68. The Kier molecular flexibility index (Phi) is 4.22. The molecule has 1 rings (SSSR count). The summed E-state index contributed by atoms with van der Waals surface area (Å²) in [6.45, 7) is 5.69. The normalized spacial score (nSPS) is 21.1. The van der Waals surface area contributed by atoms with Crippen LogP contribution in [0.25, 0.3) is 0 Å². The van der Waals surface area contributed by atoms with Gasteiger partial charge in [0, 0.05) is 20.0 Å². The number of rotatable bonds is 3. The number of esters is 1. The molecule has 0 aromatic heterocycles. The summed E-state index contributed by atoms with van der Waals surface area (Å²) in [5.74, 6) is -0.169. The van der Waals surface area contributed by atoms with Crippen molar-refractivity contribution in [1.82, 2.24) is 4.90 Å². The first kappa shape index (κ1) is 10.5. The fourth-order valence-corrected chi connectivity index (χ4v) is 1.81. The molecule has 3 heteroatoms. The van der Waals surface area contributed by atoms with E-state index < -0.39 is 0 Å². The highest BCUT2D eigenvalue weighted by atomic mass is 16.6. The Morgan fingerprint density at radius 3 is 2.46 bits per heavy atom. The second kappa shape index (κ2) is 5.22. The van der Waals surface area contributed by atoms with Crippen molar-refractivity contribution in [2.24, 2.45) is 0 Å². The molecule has 1 fully saturated rings. The first-order valence-electron chi connectivity index (χ1n) is 5.15. The third-order valence-electron chi connectivity index (χ3n) is 2.45. The highest BCUT2D eigenvalue weighted by Crippen LogP contribution is 2.14. The molecule has 13 heavy (non-hydrogen) atoms. The van der Waals surface area contributed by atoms with Crippen LogP contribution in [0.15, 0.2) is 0 Å². The number of carbonyl (C=O) groups excluding carboxylic acids is 1.